The monoisotopic (exact) mass is 701 g/mol. The first kappa shape index (κ1) is 47.7. The molecular weight excluding hydrogens is 642 g/mol. The number of nitrogens with two attached hydrogens (primary N) is 1. The van der Waals surface area contributed by atoms with Crippen LogP contribution in [0, 0.1) is 19.8 Å². The van der Waals surface area contributed by atoms with E-state index < -0.39 is 5.91 Å². The first-order chi connectivity index (χ1) is 24.4. The van der Waals surface area contributed by atoms with Crippen molar-refractivity contribution < 1.29 is 23.7 Å². The van der Waals surface area contributed by atoms with Crippen LogP contribution in [0.1, 0.15) is 89.5 Å². The zero-order chi connectivity index (χ0) is 39.2. The Bertz CT molecular complexity index is 1550. The van der Waals surface area contributed by atoms with Gasteiger partial charge in [-0.3, -0.25) is 19.2 Å². The highest BCUT2D eigenvalue weighted by Gasteiger charge is 2.14. The van der Waals surface area contributed by atoms with Crippen LogP contribution in [0.15, 0.2) is 89.0 Å². The molecule has 1 aromatic heterocycles. The molecule has 1 heterocycles. The molecule has 4 amide bonds. The van der Waals surface area contributed by atoms with E-state index in [1.165, 1.54) is 33.9 Å². The van der Waals surface area contributed by atoms with Gasteiger partial charge in [0.15, 0.2) is 5.69 Å². The molecule has 0 unspecified atom stereocenters. The molecule has 2 aromatic carbocycles. The molecule has 0 aliphatic carbocycles. The number of aromatic nitrogens is 1. The van der Waals surface area contributed by atoms with Crippen LogP contribution in [-0.4, -0.2) is 59.9 Å². The van der Waals surface area contributed by atoms with E-state index in [0.29, 0.717) is 24.3 Å². The largest absolute Gasteiger partial charge is 0.370 e. The van der Waals surface area contributed by atoms with Crippen LogP contribution in [0.2, 0.25) is 0 Å². The second-order valence-electron chi connectivity index (χ2n) is 11.2. The highest BCUT2D eigenvalue weighted by atomic mass is 16.5. The molecule has 3 aromatic rings. The summed E-state index contributed by atoms with van der Waals surface area (Å²) >= 11 is 0. The summed E-state index contributed by atoms with van der Waals surface area (Å²) in [6.45, 7) is 15.9. The molecule has 0 fully saturated rings. The van der Waals surface area contributed by atoms with E-state index in [-0.39, 0.29) is 36.9 Å². The highest BCUT2D eigenvalue weighted by molar-refractivity contribution is 5.92. The average Bonchev–Trinajstić information content (AvgIpc) is 3.58. The van der Waals surface area contributed by atoms with Crippen molar-refractivity contribution in [2.75, 3.05) is 13.6 Å². The number of hydrogen-bond donors (Lipinski definition) is 3. The van der Waals surface area contributed by atoms with Crippen molar-refractivity contribution in [3.63, 3.8) is 0 Å². The molecule has 278 valence electrons. The van der Waals surface area contributed by atoms with Gasteiger partial charge in [0, 0.05) is 31.6 Å². The summed E-state index contributed by atoms with van der Waals surface area (Å²) in [6.07, 6.45) is 21.1. The molecule has 0 spiro atoms. The number of carbonyl (C=O) groups excluding carboxylic acids is 4. The Kier molecular flexibility index (Phi) is 27.6. The molecule has 0 bridgehead atoms. The number of carbonyl (C=O) groups is 4. The zero-order valence-electron chi connectivity index (χ0n) is 31.9. The van der Waals surface area contributed by atoms with Crippen molar-refractivity contribution in [3.8, 4) is 12.8 Å². The predicted molar refractivity (Wildman–Crippen MR) is 210 cm³/mol. The van der Waals surface area contributed by atoms with Gasteiger partial charge in [-0.15, -0.1) is 12.8 Å². The van der Waals surface area contributed by atoms with Gasteiger partial charge < -0.3 is 25.8 Å². The van der Waals surface area contributed by atoms with E-state index in [0.717, 1.165) is 12.8 Å². The minimum absolute atomic E-state index is 0.00583. The lowest BCUT2D eigenvalue weighted by atomic mass is 10.0. The fraction of sp³-hybridized carbons (Fsp3) is 0.390. The second kappa shape index (κ2) is 29.5. The maximum absolute atomic E-state index is 12.0. The number of fused-ring (bicyclic) bond motifs is 1. The molecule has 3 rings (SSSR count). The maximum Gasteiger partial charge on any atom is 0.273 e. The van der Waals surface area contributed by atoms with E-state index in [9.17, 15) is 19.2 Å². The van der Waals surface area contributed by atoms with Gasteiger partial charge in [0.05, 0.1) is 6.54 Å². The number of benzene rings is 2. The molecule has 0 aliphatic heterocycles. The molecule has 0 aliphatic rings. The number of terminal acetylenes is 1. The minimum Gasteiger partial charge on any atom is -0.370 e. The van der Waals surface area contributed by atoms with Gasteiger partial charge in [0.1, 0.15) is 5.76 Å². The molecule has 0 saturated carbocycles. The topological polar surface area (TPSA) is 148 Å². The fourth-order valence-electron chi connectivity index (χ4n) is 4.20. The standard InChI is InChI=1S/C18H18N2O2.C11H19N3O3.C8H14.C2H6.C2H2/c1-12(19-18(21)17-10-13(2)22-20-17)9-14-7-8-15-5-3-4-6-16(15)11-14;1-3-4-9(5-6-10(12)16)13-11(17)7-14(2)8-15;1-4-6-7-8(3)5-2;2*1-2/h3-8,10-12H,9H2,1-2H3,(H,19,21);3-4,8-9H,5-7H2,1-2H3,(H2,12,16)(H,13,17);5-7H,4H2,1-3H3;1-2H3;1-2H/b;4-3+;7-6-,8-5-;;/t12-;9-;;;/m11.../s1. The summed E-state index contributed by atoms with van der Waals surface area (Å²) in [7, 11) is 1.51. The van der Waals surface area contributed by atoms with Crippen molar-refractivity contribution in [2.24, 2.45) is 5.73 Å². The smallest absolute Gasteiger partial charge is 0.273 e. The number of likely N-dealkylation sites (N-methyl/N-ethyl adjacent to an activating group) is 1. The molecule has 2 atom stereocenters. The van der Waals surface area contributed by atoms with Crippen molar-refractivity contribution in [1.29, 1.82) is 0 Å². The highest BCUT2D eigenvalue weighted by Crippen LogP contribution is 2.17. The van der Waals surface area contributed by atoms with Gasteiger partial charge in [-0.1, -0.05) is 104 Å². The summed E-state index contributed by atoms with van der Waals surface area (Å²) in [6, 6.07) is 16.1. The molecule has 10 nitrogen and oxygen atoms in total. The molecular formula is C41H59N5O5. The molecule has 0 saturated heterocycles. The van der Waals surface area contributed by atoms with Gasteiger partial charge >= 0.3 is 0 Å². The van der Waals surface area contributed by atoms with Crippen molar-refractivity contribution in [2.45, 2.75) is 93.2 Å². The van der Waals surface area contributed by atoms with Gasteiger partial charge in [0.2, 0.25) is 18.2 Å². The third-order valence-corrected chi connectivity index (χ3v) is 6.71. The fourth-order valence-corrected chi connectivity index (χ4v) is 4.20. The minimum atomic E-state index is -0.404. The van der Waals surface area contributed by atoms with Crippen molar-refractivity contribution >= 4 is 34.9 Å². The van der Waals surface area contributed by atoms with Gasteiger partial charge in [-0.05, 0) is 70.2 Å². The van der Waals surface area contributed by atoms with Gasteiger partial charge in [0.25, 0.3) is 5.91 Å². The summed E-state index contributed by atoms with van der Waals surface area (Å²) in [5.41, 5.74) is 7.90. The number of allylic oxidation sites excluding steroid dienone is 5. The Morgan fingerprint density at radius 1 is 1.04 bits per heavy atom. The number of hydrogen-bond acceptors (Lipinski definition) is 6. The predicted octanol–water partition coefficient (Wildman–Crippen LogP) is 7.09. The quantitative estimate of drug-likeness (QED) is 0.0708. The Morgan fingerprint density at radius 2 is 1.69 bits per heavy atom. The summed E-state index contributed by atoms with van der Waals surface area (Å²) in [4.78, 5) is 45.7. The molecule has 0 radical (unpaired) electrons. The summed E-state index contributed by atoms with van der Waals surface area (Å²) in [5.74, 6) is -0.247. The SMILES string of the molecule is C#C.C/C=C(C)\C=C/CC.C/C=C/[C@H](CCC(N)=O)NC(=O)CN(C)C=O.CC.Cc1cc(C(=O)N[C@H](C)Cc2ccc3ccccc3c2)no1. The normalized spacial score (nSPS) is 11.5. The van der Waals surface area contributed by atoms with Crippen molar-refractivity contribution in [3.05, 3.63) is 102 Å². The van der Waals surface area contributed by atoms with Crippen LogP contribution in [0.25, 0.3) is 10.8 Å². The van der Waals surface area contributed by atoms with E-state index >= 15 is 0 Å². The summed E-state index contributed by atoms with van der Waals surface area (Å²) < 4.78 is 4.92. The van der Waals surface area contributed by atoms with Crippen LogP contribution in [0.3, 0.4) is 0 Å². The summed E-state index contributed by atoms with van der Waals surface area (Å²) in [5, 5.41) is 11.8. The maximum atomic E-state index is 12.0. The third-order valence-electron chi connectivity index (χ3n) is 6.71. The number of amides is 4. The Morgan fingerprint density at radius 3 is 2.22 bits per heavy atom. The lowest BCUT2D eigenvalue weighted by Gasteiger charge is -2.16. The van der Waals surface area contributed by atoms with Crippen LogP contribution in [0.4, 0.5) is 0 Å². The molecule has 4 N–H and O–H groups in total. The van der Waals surface area contributed by atoms with Crippen LogP contribution in [-0.2, 0) is 20.8 Å². The van der Waals surface area contributed by atoms with E-state index in [1.54, 1.807) is 25.1 Å². The van der Waals surface area contributed by atoms with Crippen molar-refractivity contribution in [1.82, 2.24) is 20.7 Å². The van der Waals surface area contributed by atoms with Gasteiger partial charge in [-0.25, -0.2) is 0 Å². The van der Waals surface area contributed by atoms with Crippen LogP contribution < -0.4 is 16.4 Å². The van der Waals surface area contributed by atoms with Gasteiger partial charge in [-0.2, -0.15) is 0 Å². The first-order valence-corrected chi connectivity index (χ1v) is 17.1. The number of nitrogens with zero attached hydrogens (tertiary/aromatic N) is 2. The van der Waals surface area contributed by atoms with E-state index in [2.05, 4.69) is 98.0 Å². The third kappa shape index (κ3) is 22.8. The molecule has 51 heavy (non-hydrogen) atoms. The lowest BCUT2D eigenvalue weighted by molar-refractivity contribution is -0.127. The zero-order valence-corrected chi connectivity index (χ0v) is 31.9. The average molecular weight is 702 g/mol. The number of primary amides is 1. The second-order valence-corrected chi connectivity index (χ2v) is 11.2. The first-order valence-electron chi connectivity index (χ1n) is 17.1. The number of rotatable bonds is 14. The number of aryl methyl sites for hydroxylation is 1. The molecule has 10 heteroatoms. The van der Waals surface area contributed by atoms with Crippen LogP contribution >= 0.6 is 0 Å². The van der Waals surface area contributed by atoms with E-state index in [4.69, 9.17) is 10.3 Å². The van der Waals surface area contributed by atoms with E-state index in [1.807, 2.05) is 39.8 Å². The van der Waals surface area contributed by atoms with Crippen LogP contribution in [0.5, 0.6) is 0 Å². The Hall–Kier alpha value is -5.43. The Balaban J connectivity index is 0. The Labute approximate surface area is 305 Å². The number of nitrogens with one attached hydrogen (secondary N) is 2. The lowest BCUT2D eigenvalue weighted by Crippen LogP contribution is -2.40.